The summed E-state index contributed by atoms with van der Waals surface area (Å²) in [7, 11) is -2.19. The Morgan fingerprint density at radius 3 is 2.95 bits per heavy atom. The van der Waals surface area contributed by atoms with Crippen molar-refractivity contribution in [3.8, 4) is 0 Å². The third-order valence-electron chi connectivity index (χ3n) is 3.49. The van der Waals surface area contributed by atoms with Gasteiger partial charge in [0, 0.05) is 32.6 Å². The molecule has 2 atom stereocenters. The molecule has 1 saturated heterocycles. The molecule has 22 heavy (non-hydrogen) atoms. The molecule has 0 unspecified atom stereocenters. The Bertz CT molecular complexity index is 615. The van der Waals surface area contributed by atoms with E-state index in [0.717, 1.165) is 5.56 Å². The summed E-state index contributed by atoms with van der Waals surface area (Å²) in [6.07, 6.45) is -0.368. The lowest BCUT2D eigenvalue weighted by atomic mass is 9.95. The normalized spacial score (nSPS) is 23.2. The van der Waals surface area contributed by atoms with Crippen molar-refractivity contribution in [2.45, 2.75) is 6.10 Å². The van der Waals surface area contributed by atoms with E-state index < -0.39 is 16.0 Å². The van der Waals surface area contributed by atoms with Gasteiger partial charge in [0.05, 0.1) is 17.7 Å². The fourth-order valence-electron chi connectivity index (χ4n) is 2.31. The largest absolute Gasteiger partial charge is 0.372 e. The van der Waals surface area contributed by atoms with Crippen LogP contribution in [0.15, 0.2) is 18.2 Å². The van der Waals surface area contributed by atoms with Crippen molar-refractivity contribution >= 4 is 21.8 Å². The minimum absolute atomic E-state index is 0.0212. The lowest BCUT2D eigenvalue weighted by Gasteiger charge is -2.25. The zero-order valence-electron chi connectivity index (χ0n) is 12.1. The van der Waals surface area contributed by atoms with Crippen LogP contribution >= 0.6 is 11.6 Å². The molecular weight excluding hydrogens is 333 g/mol. The first-order chi connectivity index (χ1) is 10.4. The van der Waals surface area contributed by atoms with Crippen LogP contribution in [-0.4, -0.2) is 41.7 Å². The summed E-state index contributed by atoms with van der Waals surface area (Å²) >= 11 is 5.83. The number of benzene rings is 1. The zero-order valence-corrected chi connectivity index (χ0v) is 13.7. The summed E-state index contributed by atoms with van der Waals surface area (Å²) in [5.41, 5.74) is 0.726. The lowest BCUT2D eigenvalue weighted by molar-refractivity contribution is 0.0322. The molecule has 0 radical (unpaired) electrons. The first-order valence-electron chi connectivity index (χ1n) is 6.88. The highest BCUT2D eigenvalue weighted by molar-refractivity contribution is 7.87. The van der Waals surface area contributed by atoms with Crippen molar-refractivity contribution in [1.82, 2.24) is 14.8 Å². The van der Waals surface area contributed by atoms with Crippen molar-refractivity contribution in [3.63, 3.8) is 0 Å². The van der Waals surface area contributed by atoms with Gasteiger partial charge in [0.15, 0.2) is 0 Å². The Morgan fingerprint density at radius 1 is 1.50 bits per heavy atom. The predicted octanol–water partition coefficient (Wildman–Crippen LogP) is 0.810. The molecule has 9 heteroatoms. The van der Waals surface area contributed by atoms with Crippen LogP contribution < -0.4 is 14.8 Å². The van der Waals surface area contributed by atoms with Gasteiger partial charge in [0.1, 0.15) is 5.82 Å². The van der Waals surface area contributed by atoms with Crippen molar-refractivity contribution in [2.24, 2.45) is 5.92 Å². The van der Waals surface area contributed by atoms with Gasteiger partial charge in [-0.3, -0.25) is 0 Å². The van der Waals surface area contributed by atoms with Gasteiger partial charge in [0.2, 0.25) is 0 Å². The lowest BCUT2D eigenvalue weighted by Crippen LogP contribution is -2.40. The van der Waals surface area contributed by atoms with Crippen LogP contribution in [0.25, 0.3) is 0 Å². The molecule has 1 aromatic rings. The van der Waals surface area contributed by atoms with Crippen molar-refractivity contribution in [2.75, 3.05) is 33.3 Å². The molecule has 0 aromatic heterocycles. The topological polar surface area (TPSA) is 79.5 Å². The molecule has 1 aliphatic heterocycles. The van der Waals surface area contributed by atoms with E-state index in [4.69, 9.17) is 16.3 Å². The third kappa shape index (κ3) is 4.61. The molecule has 2 rings (SSSR count). The fourth-order valence-corrected chi connectivity index (χ4v) is 3.08. The second-order valence-corrected chi connectivity index (χ2v) is 7.10. The molecule has 1 fully saturated rings. The van der Waals surface area contributed by atoms with Crippen molar-refractivity contribution < 1.29 is 17.5 Å². The van der Waals surface area contributed by atoms with Gasteiger partial charge in [-0.05, 0) is 17.7 Å². The highest BCUT2D eigenvalue weighted by atomic mass is 35.5. The predicted molar refractivity (Wildman–Crippen MR) is 82.4 cm³/mol. The molecule has 0 saturated carbocycles. The molecule has 0 aliphatic carbocycles. The molecule has 3 N–H and O–H groups in total. The summed E-state index contributed by atoms with van der Waals surface area (Å²) in [5, 5.41) is 3.21. The molecular formula is C13H19ClFN3O3S. The molecule has 6 nitrogen and oxygen atoms in total. The average Bonchev–Trinajstić information content (AvgIpc) is 2.73. The number of hydrogen-bond donors (Lipinski definition) is 3. The van der Waals surface area contributed by atoms with E-state index >= 15 is 0 Å². The fraction of sp³-hybridized carbons (Fsp3) is 0.538. The second kappa shape index (κ2) is 7.67. The van der Waals surface area contributed by atoms with Gasteiger partial charge in [-0.15, -0.1) is 0 Å². The van der Waals surface area contributed by atoms with Crippen LogP contribution in [0.1, 0.15) is 11.7 Å². The number of hydrogen-bond acceptors (Lipinski definition) is 4. The molecule has 0 spiro atoms. The standard InChI is InChI=1S/C13H19ClFN3O3S/c1-16-22(19,20)18-8-10-7-17-4-5-21-13(10)9-2-3-12(15)11(14)6-9/h2-3,6,10,13,16-18H,4-5,7-8H2,1H3/t10-,13-/m0/s1. The quantitative estimate of drug-likeness (QED) is 0.733. The van der Waals surface area contributed by atoms with E-state index in [1.807, 2.05) is 0 Å². The Kier molecular flexibility index (Phi) is 6.13. The van der Waals surface area contributed by atoms with Crippen LogP contribution in [0, 0.1) is 11.7 Å². The van der Waals surface area contributed by atoms with Crippen molar-refractivity contribution in [1.29, 1.82) is 0 Å². The van der Waals surface area contributed by atoms with Gasteiger partial charge in [-0.1, -0.05) is 17.7 Å². The summed E-state index contributed by atoms with van der Waals surface area (Å²) in [5.74, 6) is -0.642. The minimum atomic E-state index is -3.52. The van der Waals surface area contributed by atoms with E-state index in [0.29, 0.717) is 19.7 Å². The highest BCUT2D eigenvalue weighted by Gasteiger charge is 2.27. The first kappa shape index (κ1) is 17.6. The maximum atomic E-state index is 13.3. The summed E-state index contributed by atoms with van der Waals surface area (Å²) in [6, 6.07) is 4.41. The minimum Gasteiger partial charge on any atom is -0.372 e. The van der Waals surface area contributed by atoms with E-state index in [1.54, 1.807) is 6.07 Å². The van der Waals surface area contributed by atoms with Gasteiger partial charge < -0.3 is 10.1 Å². The van der Waals surface area contributed by atoms with E-state index in [9.17, 15) is 12.8 Å². The molecule has 1 aliphatic rings. The highest BCUT2D eigenvalue weighted by Crippen LogP contribution is 2.29. The van der Waals surface area contributed by atoms with E-state index in [2.05, 4.69) is 14.8 Å². The van der Waals surface area contributed by atoms with E-state index in [-0.39, 0.29) is 23.6 Å². The Hall–Kier alpha value is -0.770. The average molecular weight is 352 g/mol. The Morgan fingerprint density at radius 2 is 2.27 bits per heavy atom. The van der Waals surface area contributed by atoms with Crippen LogP contribution in [0.3, 0.4) is 0 Å². The second-order valence-electron chi connectivity index (χ2n) is 4.99. The first-order valence-corrected chi connectivity index (χ1v) is 8.74. The van der Waals surface area contributed by atoms with Gasteiger partial charge in [0.25, 0.3) is 10.2 Å². The van der Waals surface area contributed by atoms with Crippen LogP contribution in [0.2, 0.25) is 5.02 Å². The third-order valence-corrected chi connectivity index (χ3v) is 4.86. The van der Waals surface area contributed by atoms with Gasteiger partial charge in [-0.2, -0.15) is 8.42 Å². The summed E-state index contributed by atoms with van der Waals surface area (Å²) in [6.45, 7) is 1.91. The number of rotatable bonds is 5. The van der Waals surface area contributed by atoms with E-state index in [1.165, 1.54) is 19.2 Å². The summed E-state index contributed by atoms with van der Waals surface area (Å²) in [4.78, 5) is 0. The molecule has 124 valence electrons. The van der Waals surface area contributed by atoms with Crippen LogP contribution in [-0.2, 0) is 14.9 Å². The van der Waals surface area contributed by atoms with Crippen LogP contribution in [0.5, 0.6) is 0 Å². The molecule has 0 amide bonds. The molecule has 0 bridgehead atoms. The van der Waals surface area contributed by atoms with Crippen LogP contribution in [0.4, 0.5) is 4.39 Å². The number of nitrogens with one attached hydrogen (secondary N) is 3. The van der Waals surface area contributed by atoms with Gasteiger partial charge in [-0.25, -0.2) is 13.8 Å². The Balaban J connectivity index is 2.18. The number of halogens is 2. The van der Waals surface area contributed by atoms with Crippen molar-refractivity contribution in [3.05, 3.63) is 34.6 Å². The smallest absolute Gasteiger partial charge is 0.276 e. The van der Waals surface area contributed by atoms with Gasteiger partial charge >= 0.3 is 0 Å². The maximum absolute atomic E-state index is 13.3. The SMILES string of the molecule is CNS(=O)(=O)NC[C@@H]1CNCCO[C@H]1c1ccc(F)c(Cl)c1. The molecule has 1 heterocycles. The number of ether oxygens (including phenoxy) is 1. The zero-order chi connectivity index (χ0) is 16.2. The monoisotopic (exact) mass is 351 g/mol. The molecule has 1 aromatic carbocycles. The Labute approximate surface area is 134 Å². The summed E-state index contributed by atoms with van der Waals surface area (Å²) < 4.78 is 46.8. The maximum Gasteiger partial charge on any atom is 0.276 e.